The summed E-state index contributed by atoms with van der Waals surface area (Å²) in [7, 11) is 0. The first kappa shape index (κ1) is 32.4. The molecule has 5 nitrogen and oxygen atoms in total. The van der Waals surface area contributed by atoms with Gasteiger partial charge < -0.3 is 4.57 Å². The van der Waals surface area contributed by atoms with E-state index in [1.54, 1.807) is 0 Å². The van der Waals surface area contributed by atoms with Crippen molar-refractivity contribution in [2.75, 3.05) is 0 Å². The monoisotopic (exact) mass is 739 g/mol. The molecule has 0 saturated carbocycles. The lowest BCUT2D eigenvalue weighted by atomic mass is 9.97. The van der Waals surface area contributed by atoms with Crippen molar-refractivity contribution in [3.8, 4) is 45.3 Å². The van der Waals surface area contributed by atoms with Gasteiger partial charge in [0.25, 0.3) is 0 Å². The van der Waals surface area contributed by atoms with Crippen LogP contribution < -0.4 is 0 Å². The molecule has 0 unspecified atom stereocenters. The first-order valence-electron chi connectivity index (χ1n) is 19.6. The second-order valence-electron chi connectivity index (χ2n) is 14.8. The van der Waals surface area contributed by atoms with Crippen molar-refractivity contribution in [2.45, 2.75) is 0 Å². The van der Waals surface area contributed by atoms with E-state index in [0.29, 0.717) is 5.95 Å². The molecule has 4 heterocycles. The maximum atomic E-state index is 5.35. The van der Waals surface area contributed by atoms with Crippen molar-refractivity contribution in [3.63, 3.8) is 0 Å². The van der Waals surface area contributed by atoms with Gasteiger partial charge in [0, 0.05) is 49.9 Å². The minimum absolute atomic E-state index is 0.645. The van der Waals surface area contributed by atoms with E-state index in [1.807, 2.05) is 30.5 Å². The Balaban J connectivity index is 1.02. The topological polar surface area (TPSA) is 48.5 Å². The zero-order valence-electron chi connectivity index (χ0n) is 31.3. The zero-order chi connectivity index (χ0) is 38.2. The Bertz CT molecular complexity index is 3550. The van der Waals surface area contributed by atoms with Crippen molar-refractivity contribution in [1.29, 1.82) is 0 Å². The number of hydrogen-bond acceptors (Lipinski definition) is 3. The number of aromatic nitrogens is 5. The first-order chi connectivity index (χ1) is 28.8. The average molecular weight is 740 g/mol. The zero-order valence-corrected chi connectivity index (χ0v) is 31.3. The molecule has 0 bridgehead atoms. The maximum Gasteiger partial charge on any atom is 0.235 e. The van der Waals surface area contributed by atoms with Gasteiger partial charge in [-0.15, -0.1) is 0 Å². The Morgan fingerprint density at radius 3 is 1.81 bits per heavy atom. The van der Waals surface area contributed by atoms with E-state index < -0.39 is 0 Å². The lowest BCUT2D eigenvalue weighted by Gasteiger charge is -2.12. The molecule has 0 aliphatic carbocycles. The molecule has 0 aliphatic heterocycles. The third kappa shape index (κ3) is 5.00. The van der Waals surface area contributed by atoms with Crippen LogP contribution in [0, 0.1) is 0 Å². The molecule has 12 rings (SSSR count). The number of hydrogen-bond donors (Lipinski definition) is 0. The molecular formula is C53H33N5. The molecule has 0 amide bonds. The van der Waals surface area contributed by atoms with Crippen LogP contribution in [0.25, 0.3) is 111 Å². The number of pyridine rings is 1. The van der Waals surface area contributed by atoms with E-state index in [9.17, 15) is 0 Å². The van der Waals surface area contributed by atoms with Crippen LogP contribution in [0.2, 0.25) is 0 Å². The summed E-state index contributed by atoms with van der Waals surface area (Å²) in [6.07, 6.45) is 1.83. The number of rotatable bonds is 5. The summed E-state index contributed by atoms with van der Waals surface area (Å²) in [5.41, 5.74) is 12.9. The fraction of sp³-hybridized carbons (Fsp3) is 0. The normalized spacial score (nSPS) is 11.8. The van der Waals surface area contributed by atoms with E-state index >= 15 is 0 Å². The molecule has 0 N–H and O–H groups in total. The molecule has 0 radical (unpaired) electrons. The quantitative estimate of drug-likeness (QED) is 0.177. The van der Waals surface area contributed by atoms with E-state index in [-0.39, 0.29) is 0 Å². The van der Waals surface area contributed by atoms with Crippen molar-refractivity contribution in [2.24, 2.45) is 0 Å². The average Bonchev–Trinajstić information content (AvgIpc) is 3.82. The highest BCUT2D eigenvalue weighted by molar-refractivity contribution is 6.21. The molecule has 8 aromatic carbocycles. The maximum absolute atomic E-state index is 5.35. The molecule has 0 atom stereocenters. The summed E-state index contributed by atoms with van der Waals surface area (Å²) in [6.45, 7) is 0. The molecule has 5 heteroatoms. The summed E-state index contributed by atoms with van der Waals surface area (Å²) in [5.74, 6) is 0.645. The van der Waals surface area contributed by atoms with Crippen molar-refractivity contribution >= 4 is 65.3 Å². The summed E-state index contributed by atoms with van der Waals surface area (Å²) in [5, 5.41) is 8.26. The summed E-state index contributed by atoms with van der Waals surface area (Å²) in [4.78, 5) is 15.1. The number of nitrogens with zero attached hydrogens (tertiary/aromatic N) is 5. The van der Waals surface area contributed by atoms with Gasteiger partial charge in [-0.1, -0.05) is 133 Å². The van der Waals surface area contributed by atoms with Gasteiger partial charge in [0.05, 0.1) is 39.0 Å². The molecule has 0 aliphatic rings. The third-order valence-electron chi connectivity index (χ3n) is 11.6. The number of fused-ring (bicyclic) bond motifs is 9. The van der Waals surface area contributed by atoms with Crippen LogP contribution >= 0.6 is 0 Å². The van der Waals surface area contributed by atoms with Gasteiger partial charge in [-0.2, -0.15) is 0 Å². The largest absolute Gasteiger partial charge is 0.309 e. The summed E-state index contributed by atoms with van der Waals surface area (Å²) < 4.78 is 4.61. The molecule has 12 aromatic rings. The van der Waals surface area contributed by atoms with Crippen molar-refractivity contribution < 1.29 is 0 Å². The van der Waals surface area contributed by atoms with Crippen LogP contribution in [0.15, 0.2) is 200 Å². The number of para-hydroxylation sites is 4. The second kappa shape index (κ2) is 12.8. The Kier molecular flexibility index (Phi) is 7.16. The summed E-state index contributed by atoms with van der Waals surface area (Å²) >= 11 is 0. The van der Waals surface area contributed by atoms with Gasteiger partial charge in [0.2, 0.25) is 5.95 Å². The van der Waals surface area contributed by atoms with Gasteiger partial charge in [0.1, 0.15) is 0 Å². The van der Waals surface area contributed by atoms with E-state index in [0.717, 1.165) is 50.1 Å². The van der Waals surface area contributed by atoms with E-state index in [1.165, 1.54) is 54.5 Å². The fourth-order valence-corrected chi connectivity index (χ4v) is 8.91. The van der Waals surface area contributed by atoms with Gasteiger partial charge in [-0.3, -0.25) is 9.55 Å². The standard InChI is InChI=1S/C53H33N5/c1-2-12-39(13-3-1)57-47-19-8-5-14-41(47)42-29-26-37(33-50(42)57)36-25-28-40-38(32-36)27-30-49-51(40)44-16-6-9-20-48(44)58(49)53-55-46-18-7-4-15-43(46)52(56-53)35-23-21-34(22-24-35)45-17-10-11-31-54-45/h1-33H. The minimum atomic E-state index is 0.645. The third-order valence-corrected chi connectivity index (χ3v) is 11.6. The number of benzene rings is 8. The minimum Gasteiger partial charge on any atom is -0.309 e. The predicted molar refractivity (Wildman–Crippen MR) is 240 cm³/mol. The van der Waals surface area contributed by atoms with E-state index in [2.05, 4.69) is 184 Å². The van der Waals surface area contributed by atoms with Gasteiger partial charge in [-0.25, -0.2) is 9.97 Å². The Labute approximate surface area is 333 Å². The van der Waals surface area contributed by atoms with Gasteiger partial charge in [0.15, 0.2) is 0 Å². The second-order valence-corrected chi connectivity index (χ2v) is 14.8. The van der Waals surface area contributed by atoms with Crippen LogP contribution in [0.5, 0.6) is 0 Å². The Hall–Kier alpha value is -7.89. The van der Waals surface area contributed by atoms with Gasteiger partial charge in [-0.05, 0) is 82.6 Å². The molecule has 270 valence electrons. The lowest BCUT2D eigenvalue weighted by molar-refractivity contribution is 1.01. The SMILES string of the molecule is c1ccc(-n2c3ccccc3c3ccc(-c4ccc5c(ccc6c5c5ccccc5n6-c5nc(-c6ccc(-c7ccccn7)cc6)c6ccccc6n5)c4)cc32)cc1. The summed E-state index contributed by atoms with van der Waals surface area (Å²) in [6, 6.07) is 69.0. The van der Waals surface area contributed by atoms with Crippen molar-refractivity contribution in [1.82, 2.24) is 24.1 Å². The van der Waals surface area contributed by atoms with Crippen LogP contribution in [-0.4, -0.2) is 24.1 Å². The molecule has 4 aromatic heterocycles. The molecule has 0 spiro atoms. The Morgan fingerprint density at radius 1 is 0.362 bits per heavy atom. The smallest absolute Gasteiger partial charge is 0.235 e. The molecule has 0 saturated heterocycles. The molecule has 58 heavy (non-hydrogen) atoms. The Morgan fingerprint density at radius 2 is 1.00 bits per heavy atom. The molecular weight excluding hydrogens is 707 g/mol. The highest BCUT2D eigenvalue weighted by atomic mass is 15.2. The van der Waals surface area contributed by atoms with Crippen molar-refractivity contribution in [3.05, 3.63) is 200 Å². The first-order valence-corrected chi connectivity index (χ1v) is 19.6. The van der Waals surface area contributed by atoms with Crippen LogP contribution in [0.4, 0.5) is 0 Å². The predicted octanol–water partition coefficient (Wildman–Crippen LogP) is 13.4. The highest BCUT2D eigenvalue weighted by Crippen LogP contribution is 2.40. The van der Waals surface area contributed by atoms with Crippen LogP contribution in [-0.2, 0) is 0 Å². The van der Waals surface area contributed by atoms with Gasteiger partial charge >= 0.3 is 0 Å². The van der Waals surface area contributed by atoms with Crippen LogP contribution in [0.1, 0.15) is 0 Å². The van der Waals surface area contributed by atoms with Crippen LogP contribution in [0.3, 0.4) is 0 Å². The fourth-order valence-electron chi connectivity index (χ4n) is 8.91. The van der Waals surface area contributed by atoms with E-state index in [4.69, 9.17) is 9.97 Å². The highest BCUT2D eigenvalue weighted by Gasteiger charge is 2.20. The molecule has 0 fully saturated rings. The lowest BCUT2D eigenvalue weighted by Crippen LogP contribution is -2.03.